The maximum atomic E-state index is 12.4. The molecule has 22 heavy (non-hydrogen) atoms. The molecular weight excluding hydrogens is 288 g/mol. The van der Waals surface area contributed by atoms with Crippen molar-refractivity contribution in [1.29, 1.82) is 0 Å². The molecule has 2 rings (SSSR count). The quantitative estimate of drug-likeness (QED) is 0.843. The van der Waals surface area contributed by atoms with Gasteiger partial charge >= 0.3 is 12.0 Å². The molecular formula is C14H22N4O4. The van der Waals surface area contributed by atoms with Crippen LogP contribution in [0.5, 0.6) is 5.88 Å². The average Bonchev–Trinajstić information content (AvgIpc) is 3.07. The highest BCUT2D eigenvalue weighted by molar-refractivity contribution is 5.91. The first kappa shape index (κ1) is 16.1. The number of nitrogens with zero attached hydrogens (tertiary/aromatic N) is 3. The summed E-state index contributed by atoms with van der Waals surface area (Å²) in [6.07, 6.45) is 1.14. The van der Waals surface area contributed by atoms with Crippen LogP contribution >= 0.6 is 0 Å². The summed E-state index contributed by atoms with van der Waals surface area (Å²) in [6.45, 7) is 3.02. The highest BCUT2D eigenvalue weighted by Gasteiger charge is 2.29. The van der Waals surface area contributed by atoms with Crippen LogP contribution in [0.2, 0.25) is 0 Å². The number of urea groups is 1. The van der Waals surface area contributed by atoms with E-state index in [1.54, 1.807) is 16.6 Å². The van der Waals surface area contributed by atoms with Crippen molar-refractivity contribution in [2.45, 2.75) is 19.8 Å². The molecule has 1 aromatic rings. The summed E-state index contributed by atoms with van der Waals surface area (Å²) in [5.41, 5.74) is 1.39. The van der Waals surface area contributed by atoms with Crippen molar-refractivity contribution in [3.05, 3.63) is 5.69 Å². The van der Waals surface area contributed by atoms with Crippen LogP contribution < -0.4 is 10.1 Å². The van der Waals surface area contributed by atoms with Gasteiger partial charge in [0.15, 0.2) is 0 Å². The first-order valence-corrected chi connectivity index (χ1v) is 7.16. The lowest BCUT2D eigenvalue weighted by atomic mass is 10.1. The van der Waals surface area contributed by atoms with E-state index in [1.807, 2.05) is 6.92 Å². The summed E-state index contributed by atoms with van der Waals surface area (Å²) >= 11 is 0. The number of amides is 2. The molecule has 1 fully saturated rings. The number of hydrogen-bond donors (Lipinski definition) is 1. The third kappa shape index (κ3) is 3.32. The number of rotatable bonds is 4. The molecule has 0 unspecified atom stereocenters. The van der Waals surface area contributed by atoms with Crippen LogP contribution in [-0.2, 0) is 16.6 Å². The Morgan fingerprint density at radius 1 is 1.41 bits per heavy atom. The standard InChI is InChI=1S/C14H22N4O4/c1-9-12(13(22-4)16-17(9)2)15-14(20)18-6-5-10(8-18)7-11(19)21-3/h10H,5-8H2,1-4H3,(H,15,20)/t10-/m1/s1. The SMILES string of the molecule is COC(=O)C[C@H]1CCN(C(=O)Nc2c(OC)nn(C)c2C)C1. The number of ether oxygens (including phenoxy) is 2. The monoisotopic (exact) mass is 310 g/mol. The van der Waals surface area contributed by atoms with Gasteiger partial charge in [-0.3, -0.25) is 9.48 Å². The highest BCUT2D eigenvalue weighted by atomic mass is 16.5. The van der Waals surface area contributed by atoms with Crippen molar-refractivity contribution in [3.8, 4) is 5.88 Å². The Balaban J connectivity index is 1.98. The number of anilines is 1. The Morgan fingerprint density at radius 3 is 2.77 bits per heavy atom. The van der Waals surface area contributed by atoms with Crippen molar-refractivity contribution < 1.29 is 19.1 Å². The summed E-state index contributed by atoms with van der Waals surface area (Å²) in [7, 11) is 4.68. The van der Waals surface area contributed by atoms with E-state index in [2.05, 4.69) is 15.2 Å². The maximum absolute atomic E-state index is 12.4. The van der Waals surface area contributed by atoms with Gasteiger partial charge in [0, 0.05) is 20.1 Å². The van der Waals surface area contributed by atoms with E-state index in [0.29, 0.717) is 31.1 Å². The van der Waals surface area contributed by atoms with Crippen molar-refractivity contribution in [2.24, 2.45) is 13.0 Å². The fraction of sp³-hybridized carbons (Fsp3) is 0.643. The number of nitrogens with one attached hydrogen (secondary N) is 1. The van der Waals surface area contributed by atoms with Crippen molar-refractivity contribution in [3.63, 3.8) is 0 Å². The molecule has 1 atom stereocenters. The van der Waals surface area contributed by atoms with Crippen LogP contribution in [0.15, 0.2) is 0 Å². The lowest BCUT2D eigenvalue weighted by Crippen LogP contribution is -2.33. The van der Waals surface area contributed by atoms with Gasteiger partial charge in [-0.2, -0.15) is 0 Å². The van der Waals surface area contributed by atoms with Gasteiger partial charge in [0.2, 0.25) is 0 Å². The van der Waals surface area contributed by atoms with Gasteiger partial charge in [0.1, 0.15) is 5.69 Å². The van der Waals surface area contributed by atoms with E-state index in [1.165, 1.54) is 14.2 Å². The Morgan fingerprint density at radius 2 is 2.14 bits per heavy atom. The lowest BCUT2D eigenvalue weighted by Gasteiger charge is -2.17. The molecule has 1 aromatic heterocycles. The van der Waals surface area contributed by atoms with Crippen LogP contribution in [0.3, 0.4) is 0 Å². The Bertz CT molecular complexity index is 569. The molecule has 0 aliphatic carbocycles. The van der Waals surface area contributed by atoms with Gasteiger partial charge in [-0.15, -0.1) is 5.10 Å². The summed E-state index contributed by atoms with van der Waals surface area (Å²) in [4.78, 5) is 25.3. The number of carbonyl (C=O) groups is 2. The van der Waals surface area contributed by atoms with Gasteiger partial charge < -0.3 is 19.7 Å². The fourth-order valence-electron chi connectivity index (χ4n) is 2.55. The van der Waals surface area contributed by atoms with Gasteiger partial charge in [0.25, 0.3) is 5.88 Å². The molecule has 1 saturated heterocycles. The second-order valence-electron chi connectivity index (χ2n) is 5.40. The zero-order valence-corrected chi connectivity index (χ0v) is 13.4. The summed E-state index contributed by atoms with van der Waals surface area (Å²) in [5, 5.41) is 7.02. The van der Waals surface area contributed by atoms with Gasteiger partial charge in [0.05, 0.1) is 26.3 Å². The van der Waals surface area contributed by atoms with Crippen LogP contribution in [0.1, 0.15) is 18.5 Å². The zero-order chi connectivity index (χ0) is 16.3. The second-order valence-corrected chi connectivity index (χ2v) is 5.40. The predicted molar refractivity (Wildman–Crippen MR) is 79.8 cm³/mol. The van der Waals surface area contributed by atoms with E-state index in [-0.39, 0.29) is 17.9 Å². The second kappa shape index (κ2) is 6.67. The van der Waals surface area contributed by atoms with E-state index in [4.69, 9.17) is 4.74 Å². The maximum Gasteiger partial charge on any atom is 0.322 e. The van der Waals surface area contributed by atoms with E-state index in [9.17, 15) is 9.59 Å². The molecule has 0 aromatic carbocycles. The van der Waals surface area contributed by atoms with Crippen molar-refractivity contribution in [1.82, 2.24) is 14.7 Å². The molecule has 2 heterocycles. The normalized spacial score (nSPS) is 17.5. The molecule has 1 aliphatic rings. The molecule has 122 valence electrons. The van der Waals surface area contributed by atoms with Crippen molar-refractivity contribution >= 4 is 17.7 Å². The topological polar surface area (TPSA) is 85.7 Å². The summed E-state index contributed by atoms with van der Waals surface area (Å²) in [6, 6.07) is -0.207. The Labute approximate surface area is 129 Å². The number of aromatic nitrogens is 2. The molecule has 1 aliphatic heterocycles. The summed E-state index contributed by atoms with van der Waals surface area (Å²) < 4.78 is 11.5. The predicted octanol–water partition coefficient (Wildman–Crippen LogP) is 1.15. The third-order valence-electron chi connectivity index (χ3n) is 3.98. The summed E-state index contributed by atoms with van der Waals surface area (Å²) in [5.74, 6) is 0.297. The van der Waals surface area contributed by atoms with E-state index < -0.39 is 0 Å². The molecule has 2 amide bonds. The number of carbonyl (C=O) groups excluding carboxylic acids is 2. The minimum absolute atomic E-state index is 0.148. The molecule has 0 spiro atoms. The van der Waals surface area contributed by atoms with Gasteiger partial charge in [-0.05, 0) is 19.3 Å². The minimum Gasteiger partial charge on any atom is -0.478 e. The zero-order valence-electron chi connectivity index (χ0n) is 13.4. The van der Waals surface area contributed by atoms with Crippen LogP contribution in [0.4, 0.5) is 10.5 Å². The molecule has 1 N–H and O–H groups in total. The minimum atomic E-state index is -0.239. The smallest absolute Gasteiger partial charge is 0.322 e. The molecule has 0 saturated carbocycles. The molecule has 8 nitrogen and oxygen atoms in total. The Hall–Kier alpha value is -2.25. The largest absolute Gasteiger partial charge is 0.478 e. The number of hydrogen-bond acceptors (Lipinski definition) is 5. The first-order valence-electron chi connectivity index (χ1n) is 7.16. The van der Waals surface area contributed by atoms with Gasteiger partial charge in [-0.1, -0.05) is 0 Å². The average molecular weight is 310 g/mol. The van der Waals surface area contributed by atoms with E-state index in [0.717, 1.165) is 12.1 Å². The number of aryl methyl sites for hydroxylation is 1. The lowest BCUT2D eigenvalue weighted by molar-refractivity contribution is -0.141. The fourth-order valence-corrected chi connectivity index (χ4v) is 2.55. The Kier molecular flexibility index (Phi) is 4.89. The number of esters is 1. The van der Waals surface area contributed by atoms with Crippen molar-refractivity contribution in [2.75, 3.05) is 32.6 Å². The van der Waals surface area contributed by atoms with E-state index >= 15 is 0 Å². The molecule has 8 heteroatoms. The number of likely N-dealkylation sites (tertiary alicyclic amines) is 1. The molecule has 0 radical (unpaired) electrons. The van der Waals surface area contributed by atoms with Crippen LogP contribution in [0, 0.1) is 12.8 Å². The third-order valence-corrected chi connectivity index (χ3v) is 3.98. The highest BCUT2D eigenvalue weighted by Crippen LogP contribution is 2.28. The number of methoxy groups -OCH3 is 2. The van der Waals surface area contributed by atoms with Gasteiger partial charge in [-0.25, -0.2) is 4.79 Å². The first-order chi connectivity index (χ1) is 10.5. The van der Waals surface area contributed by atoms with Crippen LogP contribution in [-0.4, -0.2) is 54.0 Å². The molecule has 0 bridgehead atoms. The van der Waals surface area contributed by atoms with Crippen LogP contribution in [0.25, 0.3) is 0 Å².